The van der Waals surface area contributed by atoms with E-state index in [0.29, 0.717) is 23.1 Å². The smallest absolute Gasteiger partial charge is 0.278 e. The molecule has 0 saturated carbocycles. The predicted octanol–water partition coefficient (Wildman–Crippen LogP) is 4.40. The van der Waals surface area contributed by atoms with Gasteiger partial charge in [0.25, 0.3) is 5.91 Å². The first kappa shape index (κ1) is 17.6. The van der Waals surface area contributed by atoms with Gasteiger partial charge in [0.2, 0.25) is 0 Å². The molecule has 26 heavy (non-hydrogen) atoms. The van der Waals surface area contributed by atoms with Gasteiger partial charge in [-0.15, -0.1) is 0 Å². The predicted molar refractivity (Wildman–Crippen MR) is 91.1 cm³/mol. The third kappa shape index (κ3) is 3.88. The van der Waals surface area contributed by atoms with E-state index < -0.39 is 17.5 Å². The molecule has 0 radical (unpaired) electrons. The second kappa shape index (κ2) is 7.35. The molecule has 0 saturated heterocycles. The van der Waals surface area contributed by atoms with E-state index in [1.807, 2.05) is 31.2 Å². The van der Waals surface area contributed by atoms with E-state index in [-0.39, 0.29) is 18.0 Å². The molecule has 0 bridgehead atoms. The van der Waals surface area contributed by atoms with Gasteiger partial charge in [-0.25, -0.2) is 8.78 Å². The Morgan fingerprint density at radius 2 is 1.88 bits per heavy atom. The Hall–Kier alpha value is -3.22. The van der Waals surface area contributed by atoms with Crippen LogP contribution in [0.15, 0.2) is 47.0 Å². The van der Waals surface area contributed by atoms with Gasteiger partial charge in [0.05, 0.1) is 11.3 Å². The van der Waals surface area contributed by atoms with Crippen molar-refractivity contribution in [2.45, 2.75) is 20.5 Å². The quantitative estimate of drug-likeness (QED) is 0.734. The first-order chi connectivity index (χ1) is 12.4. The zero-order valence-corrected chi connectivity index (χ0v) is 14.2. The van der Waals surface area contributed by atoms with Gasteiger partial charge >= 0.3 is 0 Å². The van der Waals surface area contributed by atoms with Crippen LogP contribution in [0.2, 0.25) is 0 Å². The molecule has 1 amide bonds. The first-order valence-corrected chi connectivity index (χ1v) is 7.85. The SMILES string of the molecule is Cc1ccc(OCc2c(C(=O)Nc3ccc(F)cc3F)noc2C)cc1. The van der Waals surface area contributed by atoms with Crippen LogP contribution in [0.3, 0.4) is 0 Å². The Bertz CT molecular complexity index is 936. The Morgan fingerprint density at radius 1 is 1.15 bits per heavy atom. The number of nitrogens with zero attached hydrogens (tertiary/aromatic N) is 1. The van der Waals surface area contributed by atoms with E-state index in [0.717, 1.165) is 17.7 Å². The van der Waals surface area contributed by atoms with E-state index in [1.165, 1.54) is 0 Å². The molecule has 1 aromatic heterocycles. The van der Waals surface area contributed by atoms with Crippen molar-refractivity contribution in [3.8, 4) is 5.75 Å². The van der Waals surface area contributed by atoms with E-state index in [9.17, 15) is 13.6 Å². The number of anilines is 1. The third-order valence-corrected chi connectivity index (χ3v) is 3.78. The standard InChI is InChI=1S/C19H16F2N2O3/c1-11-3-6-14(7-4-11)25-10-15-12(2)26-23-18(15)19(24)22-17-8-5-13(20)9-16(17)21/h3-9H,10H2,1-2H3,(H,22,24). The Kier molecular flexibility index (Phi) is 4.97. The lowest BCUT2D eigenvalue weighted by Crippen LogP contribution is -2.16. The van der Waals surface area contributed by atoms with Crippen LogP contribution in [0, 0.1) is 25.5 Å². The number of aryl methyl sites for hydroxylation is 2. The van der Waals surface area contributed by atoms with E-state index in [2.05, 4.69) is 10.5 Å². The number of hydrogen-bond acceptors (Lipinski definition) is 4. The molecule has 0 atom stereocenters. The number of ether oxygens (including phenoxy) is 1. The summed E-state index contributed by atoms with van der Waals surface area (Å²) in [6, 6.07) is 10.3. The summed E-state index contributed by atoms with van der Waals surface area (Å²) in [7, 11) is 0. The van der Waals surface area contributed by atoms with Gasteiger partial charge in [-0.3, -0.25) is 4.79 Å². The fraction of sp³-hybridized carbons (Fsp3) is 0.158. The number of rotatable bonds is 5. The fourth-order valence-corrected chi connectivity index (χ4v) is 2.30. The van der Waals surface area contributed by atoms with Crippen molar-refractivity contribution in [2.75, 3.05) is 5.32 Å². The highest BCUT2D eigenvalue weighted by Gasteiger charge is 2.21. The van der Waals surface area contributed by atoms with Gasteiger partial charge < -0.3 is 14.6 Å². The molecule has 3 rings (SSSR count). The highest BCUT2D eigenvalue weighted by atomic mass is 19.1. The normalized spacial score (nSPS) is 10.6. The van der Waals surface area contributed by atoms with Crippen LogP contribution < -0.4 is 10.1 Å². The molecule has 0 unspecified atom stereocenters. The third-order valence-electron chi connectivity index (χ3n) is 3.78. The Labute approximate surface area is 148 Å². The molecule has 7 heteroatoms. The van der Waals surface area contributed by atoms with Gasteiger partial charge in [-0.05, 0) is 38.1 Å². The molecule has 0 spiro atoms. The number of nitrogens with one attached hydrogen (secondary N) is 1. The van der Waals surface area contributed by atoms with Crippen LogP contribution in [0.1, 0.15) is 27.4 Å². The van der Waals surface area contributed by atoms with Crippen LogP contribution in [0.5, 0.6) is 5.75 Å². The number of amides is 1. The molecule has 0 aliphatic carbocycles. The lowest BCUT2D eigenvalue weighted by Gasteiger charge is -2.08. The molecule has 0 aliphatic rings. The summed E-state index contributed by atoms with van der Waals surface area (Å²) >= 11 is 0. The highest BCUT2D eigenvalue weighted by molar-refractivity contribution is 6.03. The maximum Gasteiger partial charge on any atom is 0.278 e. The molecule has 2 aromatic carbocycles. The van der Waals surface area contributed by atoms with Crippen LogP contribution in [-0.2, 0) is 6.61 Å². The largest absolute Gasteiger partial charge is 0.489 e. The Morgan fingerprint density at radius 3 is 2.58 bits per heavy atom. The second-order valence-corrected chi connectivity index (χ2v) is 5.75. The summed E-state index contributed by atoms with van der Waals surface area (Å²) in [5.74, 6) is -1.23. The molecule has 134 valence electrons. The zero-order valence-electron chi connectivity index (χ0n) is 14.2. The zero-order chi connectivity index (χ0) is 18.7. The maximum absolute atomic E-state index is 13.7. The topological polar surface area (TPSA) is 64.4 Å². The van der Waals surface area contributed by atoms with E-state index >= 15 is 0 Å². The first-order valence-electron chi connectivity index (χ1n) is 7.85. The minimum Gasteiger partial charge on any atom is -0.489 e. The lowest BCUT2D eigenvalue weighted by molar-refractivity contribution is 0.101. The van der Waals surface area contributed by atoms with E-state index in [4.69, 9.17) is 9.26 Å². The van der Waals surface area contributed by atoms with Crippen molar-refractivity contribution in [1.29, 1.82) is 0 Å². The fourth-order valence-electron chi connectivity index (χ4n) is 2.30. The minimum atomic E-state index is -0.879. The van der Waals surface area contributed by atoms with Crippen LogP contribution in [0.25, 0.3) is 0 Å². The van der Waals surface area contributed by atoms with Crippen molar-refractivity contribution in [2.24, 2.45) is 0 Å². The number of carbonyl (C=O) groups excluding carboxylic acids is 1. The van der Waals surface area contributed by atoms with Crippen molar-refractivity contribution in [3.05, 3.63) is 76.7 Å². The van der Waals surface area contributed by atoms with Crippen molar-refractivity contribution in [1.82, 2.24) is 5.16 Å². The summed E-state index contributed by atoms with van der Waals surface area (Å²) in [6.45, 7) is 3.67. The average molecular weight is 358 g/mol. The highest BCUT2D eigenvalue weighted by Crippen LogP contribution is 2.21. The summed E-state index contributed by atoms with van der Waals surface area (Å²) in [5.41, 5.74) is 1.38. The number of halogens is 2. The minimum absolute atomic E-state index is 0.0154. The number of carbonyl (C=O) groups is 1. The lowest BCUT2D eigenvalue weighted by atomic mass is 10.2. The summed E-state index contributed by atoms with van der Waals surface area (Å²) in [4.78, 5) is 12.4. The molecule has 0 fully saturated rings. The summed E-state index contributed by atoms with van der Waals surface area (Å²) in [5, 5.41) is 6.08. The van der Waals surface area contributed by atoms with Gasteiger partial charge in [0.15, 0.2) is 5.69 Å². The molecule has 1 N–H and O–H groups in total. The molecular formula is C19H16F2N2O3. The molecule has 5 nitrogen and oxygen atoms in total. The molecule has 1 heterocycles. The maximum atomic E-state index is 13.7. The monoisotopic (exact) mass is 358 g/mol. The van der Waals surface area contributed by atoms with Crippen LogP contribution >= 0.6 is 0 Å². The molecule has 3 aromatic rings. The van der Waals surface area contributed by atoms with Gasteiger partial charge in [-0.2, -0.15) is 0 Å². The Balaban J connectivity index is 1.76. The van der Waals surface area contributed by atoms with E-state index in [1.54, 1.807) is 6.92 Å². The van der Waals surface area contributed by atoms with Gasteiger partial charge in [0.1, 0.15) is 29.8 Å². The summed E-state index contributed by atoms with van der Waals surface area (Å²) in [6.07, 6.45) is 0. The van der Waals surface area contributed by atoms with Gasteiger partial charge in [-0.1, -0.05) is 22.9 Å². The average Bonchev–Trinajstić information content (AvgIpc) is 2.98. The van der Waals surface area contributed by atoms with Crippen LogP contribution in [0.4, 0.5) is 14.5 Å². The van der Waals surface area contributed by atoms with Crippen molar-refractivity contribution < 1.29 is 22.8 Å². The molecule has 0 aliphatic heterocycles. The van der Waals surface area contributed by atoms with Crippen molar-refractivity contribution in [3.63, 3.8) is 0 Å². The summed E-state index contributed by atoms with van der Waals surface area (Å²) < 4.78 is 37.4. The van der Waals surface area contributed by atoms with Crippen LogP contribution in [-0.4, -0.2) is 11.1 Å². The molecular weight excluding hydrogens is 342 g/mol. The second-order valence-electron chi connectivity index (χ2n) is 5.75. The number of hydrogen-bond donors (Lipinski definition) is 1. The van der Waals surface area contributed by atoms with Crippen molar-refractivity contribution >= 4 is 11.6 Å². The number of benzene rings is 2. The van der Waals surface area contributed by atoms with Gasteiger partial charge in [0, 0.05) is 6.07 Å². The number of aromatic nitrogens is 1.